The minimum Gasteiger partial charge on any atom is -0.490 e. The number of carboxylic acid groups (broad SMARTS) is 1. The third kappa shape index (κ3) is 3.95. The molecule has 1 N–H and O–H groups in total. The van der Waals surface area contributed by atoms with Crippen molar-refractivity contribution in [2.24, 2.45) is 0 Å². The standard InChI is InChI=1S/C20H16O5/c21-19(20(22)23)15-8-10-16(11-9-15)24-12-13-25-18-7-3-5-14-4-1-2-6-17(14)18/h1-11H,12-13H2,(H,22,23). The maximum atomic E-state index is 11.3. The van der Waals surface area contributed by atoms with Crippen molar-refractivity contribution in [2.75, 3.05) is 13.2 Å². The van der Waals surface area contributed by atoms with Gasteiger partial charge >= 0.3 is 5.97 Å². The van der Waals surface area contributed by atoms with Crippen LogP contribution in [0.1, 0.15) is 10.4 Å². The molecule has 0 radical (unpaired) electrons. The molecule has 3 aromatic rings. The molecule has 0 unspecified atom stereocenters. The summed E-state index contributed by atoms with van der Waals surface area (Å²) in [5.74, 6) is -1.07. The number of carbonyl (C=O) groups is 2. The molecule has 0 amide bonds. The second kappa shape index (κ2) is 7.49. The average Bonchev–Trinajstić information content (AvgIpc) is 2.65. The first-order chi connectivity index (χ1) is 12.1. The maximum Gasteiger partial charge on any atom is 0.377 e. The molecule has 0 saturated carbocycles. The van der Waals surface area contributed by atoms with E-state index in [4.69, 9.17) is 14.6 Å². The van der Waals surface area contributed by atoms with Gasteiger partial charge in [-0.3, -0.25) is 4.79 Å². The first-order valence-electron chi connectivity index (χ1n) is 7.76. The van der Waals surface area contributed by atoms with Crippen LogP contribution in [-0.4, -0.2) is 30.1 Å². The summed E-state index contributed by atoms with van der Waals surface area (Å²) in [5, 5.41) is 10.8. The van der Waals surface area contributed by atoms with Gasteiger partial charge in [-0.1, -0.05) is 36.4 Å². The van der Waals surface area contributed by atoms with Gasteiger partial charge in [0, 0.05) is 10.9 Å². The Balaban J connectivity index is 1.55. The third-order valence-electron chi connectivity index (χ3n) is 3.67. The summed E-state index contributed by atoms with van der Waals surface area (Å²) >= 11 is 0. The fraction of sp³-hybridized carbons (Fsp3) is 0.100. The van der Waals surface area contributed by atoms with Crippen molar-refractivity contribution in [1.82, 2.24) is 0 Å². The van der Waals surface area contributed by atoms with E-state index in [0.717, 1.165) is 16.5 Å². The highest BCUT2D eigenvalue weighted by Gasteiger charge is 2.13. The summed E-state index contributed by atoms with van der Waals surface area (Å²) in [6, 6.07) is 19.8. The molecule has 0 aliphatic heterocycles. The smallest absolute Gasteiger partial charge is 0.377 e. The number of hydrogen-bond donors (Lipinski definition) is 1. The lowest BCUT2D eigenvalue weighted by molar-refractivity contribution is -0.131. The molecular formula is C20H16O5. The van der Waals surface area contributed by atoms with Crippen LogP contribution in [0, 0.1) is 0 Å². The van der Waals surface area contributed by atoms with Gasteiger partial charge in [-0.2, -0.15) is 0 Å². The van der Waals surface area contributed by atoms with E-state index in [-0.39, 0.29) is 5.56 Å². The topological polar surface area (TPSA) is 72.8 Å². The molecule has 0 fully saturated rings. The molecule has 0 heterocycles. The van der Waals surface area contributed by atoms with Crippen molar-refractivity contribution in [3.8, 4) is 11.5 Å². The Morgan fingerprint density at radius 2 is 1.48 bits per heavy atom. The number of ether oxygens (including phenoxy) is 2. The first-order valence-corrected chi connectivity index (χ1v) is 7.76. The number of hydrogen-bond acceptors (Lipinski definition) is 4. The molecule has 0 bridgehead atoms. The van der Waals surface area contributed by atoms with Crippen molar-refractivity contribution < 1.29 is 24.2 Å². The van der Waals surface area contributed by atoms with Crippen LogP contribution in [0.25, 0.3) is 10.8 Å². The summed E-state index contributed by atoms with van der Waals surface area (Å²) in [6.07, 6.45) is 0. The lowest BCUT2D eigenvalue weighted by Gasteiger charge is -2.10. The molecule has 0 aromatic heterocycles. The van der Waals surface area contributed by atoms with E-state index in [0.29, 0.717) is 19.0 Å². The van der Waals surface area contributed by atoms with Crippen LogP contribution in [0.15, 0.2) is 66.7 Å². The zero-order valence-electron chi connectivity index (χ0n) is 13.3. The van der Waals surface area contributed by atoms with Gasteiger partial charge in [-0.25, -0.2) is 4.79 Å². The number of aliphatic carboxylic acids is 1. The van der Waals surface area contributed by atoms with Crippen LogP contribution < -0.4 is 9.47 Å². The predicted octanol–water partition coefficient (Wildman–Crippen LogP) is 3.56. The molecular weight excluding hydrogens is 320 g/mol. The van der Waals surface area contributed by atoms with E-state index in [2.05, 4.69) is 0 Å². The van der Waals surface area contributed by atoms with Crippen LogP contribution in [-0.2, 0) is 4.79 Å². The highest BCUT2D eigenvalue weighted by Crippen LogP contribution is 2.25. The van der Waals surface area contributed by atoms with E-state index in [1.807, 2.05) is 42.5 Å². The van der Waals surface area contributed by atoms with Crippen molar-refractivity contribution in [3.63, 3.8) is 0 Å². The van der Waals surface area contributed by atoms with Gasteiger partial charge in [0.25, 0.3) is 5.78 Å². The van der Waals surface area contributed by atoms with Gasteiger partial charge < -0.3 is 14.6 Å². The number of fused-ring (bicyclic) bond motifs is 1. The van der Waals surface area contributed by atoms with E-state index in [1.165, 1.54) is 12.1 Å². The Kier molecular flexibility index (Phi) is 4.95. The Bertz CT molecular complexity index is 894. The normalized spacial score (nSPS) is 10.4. The highest BCUT2D eigenvalue weighted by molar-refractivity contribution is 6.39. The zero-order valence-corrected chi connectivity index (χ0v) is 13.3. The van der Waals surface area contributed by atoms with Crippen molar-refractivity contribution in [3.05, 3.63) is 72.3 Å². The van der Waals surface area contributed by atoms with Crippen molar-refractivity contribution in [2.45, 2.75) is 0 Å². The van der Waals surface area contributed by atoms with Crippen LogP contribution in [0.2, 0.25) is 0 Å². The van der Waals surface area contributed by atoms with Crippen molar-refractivity contribution >= 4 is 22.5 Å². The quantitative estimate of drug-likeness (QED) is 0.406. The van der Waals surface area contributed by atoms with Crippen LogP contribution in [0.5, 0.6) is 11.5 Å². The second-order valence-electron chi connectivity index (χ2n) is 5.33. The first kappa shape index (κ1) is 16.5. The van der Waals surface area contributed by atoms with Crippen molar-refractivity contribution in [1.29, 1.82) is 0 Å². The highest BCUT2D eigenvalue weighted by atomic mass is 16.5. The maximum absolute atomic E-state index is 11.3. The van der Waals surface area contributed by atoms with E-state index in [1.54, 1.807) is 12.1 Å². The van der Waals surface area contributed by atoms with Crippen LogP contribution >= 0.6 is 0 Å². The van der Waals surface area contributed by atoms with Gasteiger partial charge in [0.2, 0.25) is 0 Å². The van der Waals surface area contributed by atoms with Gasteiger partial charge in [0.15, 0.2) is 0 Å². The summed E-state index contributed by atoms with van der Waals surface area (Å²) in [4.78, 5) is 21.9. The van der Waals surface area contributed by atoms with Gasteiger partial charge in [-0.15, -0.1) is 0 Å². The number of rotatable bonds is 7. The van der Waals surface area contributed by atoms with E-state index >= 15 is 0 Å². The van der Waals surface area contributed by atoms with Crippen LogP contribution in [0.4, 0.5) is 0 Å². The monoisotopic (exact) mass is 336 g/mol. The number of benzene rings is 3. The Labute approximate surface area is 144 Å². The third-order valence-corrected chi connectivity index (χ3v) is 3.67. The summed E-state index contributed by atoms with van der Waals surface area (Å²) in [7, 11) is 0. The fourth-order valence-electron chi connectivity index (χ4n) is 2.46. The minimum absolute atomic E-state index is 0.117. The Morgan fingerprint density at radius 3 is 2.24 bits per heavy atom. The summed E-state index contributed by atoms with van der Waals surface area (Å²) in [6.45, 7) is 0.694. The molecule has 3 rings (SSSR count). The molecule has 0 saturated heterocycles. The van der Waals surface area contributed by atoms with Gasteiger partial charge in [-0.05, 0) is 35.7 Å². The average molecular weight is 336 g/mol. The SMILES string of the molecule is O=C(O)C(=O)c1ccc(OCCOc2cccc3ccccc23)cc1. The number of ketones is 1. The molecule has 3 aromatic carbocycles. The molecule has 0 aliphatic rings. The molecule has 0 atom stereocenters. The second-order valence-corrected chi connectivity index (χ2v) is 5.33. The predicted molar refractivity (Wildman–Crippen MR) is 93.3 cm³/mol. The molecule has 5 nitrogen and oxygen atoms in total. The fourth-order valence-corrected chi connectivity index (χ4v) is 2.46. The molecule has 5 heteroatoms. The number of carbonyl (C=O) groups excluding carboxylic acids is 1. The van der Waals surface area contributed by atoms with Gasteiger partial charge in [0.1, 0.15) is 24.7 Å². The molecule has 0 spiro atoms. The van der Waals surface area contributed by atoms with E-state index < -0.39 is 11.8 Å². The van der Waals surface area contributed by atoms with E-state index in [9.17, 15) is 9.59 Å². The minimum atomic E-state index is -1.47. The summed E-state index contributed by atoms with van der Waals surface area (Å²) < 4.78 is 11.3. The van der Waals surface area contributed by atoms with Gasteiger partial charge in [0.05, 0.1) is 0 Å². The molecule has 126 valence electrons. The zero-order chi connectivity index (χ0) is 17.6. The lowest BCUT2D eigenvalue weighted by atomic mass is 10.1. The molecule has 0 aliphatic carbocycles. The van der Waals surface area contributed by atoms with Crippen LogP contribution in [0.3, 0.4) is 0 Å². The molecule has 25 heavy (non-hydrogen) atoms. The largest absolute Gasteiger partial charge is 0.490 e. The number of Topliss-reactive ketones (excluding diaryl/α,β-unsaturated/α-hetero) is 1. The summed E-state index contributed by atoms with van der Waals surface area (Å²) in [5.41, 5.74) is 0.117. The Morgan fingerprint density at radius 1 is 0.800 bits per heavy atom. The lowest BCUT2D eigenvalue weighted by Crippen LogP contribution is -2.12. The Hall–Kier alpha value is -3.34. The number of carboxylic acids is 1.